The fourth-order valence-electron chi connectivity index (χ4n) is 1.98. The molecule has 2 aromatic carbocycles. The first kappa shape index (κ1) is 17.3. The molecule has 0 heterocycles. The van der Waals surface area contributed by atoms with Crippen LogP contribution in [-0.2, 0) is 11.3 Å². The van der Waals surface area contributed by atoms with Gasteiger partial charge in [-0.3, -0.25) is 0 Å². The molecule has 0 unspecified atom stereocenters. The molecule has 0 spiro atoms. The van der Waals surface area contributed by atoms with Crippen LogP contribution in [-0.4, -0.2) is 42.3 Å². The van der Waals surface area contributed by atoms with Crippen molar-refractivity contribution in [2.45, 2.75) is 6.61 Å². The molecule has 2 aromatic rings. The minimum atomic E-state index is -1.05. The number of nitrogens with zero attached hydrogens (tertiary/aromatic N) is 1. The molecule has 0 aromatic heterocycles. The van der Waals surface area contributed by atoms with Crippen LogP contribution in [0.15, 0.2) is 54.6 Å². The Hall–Kier alpha value is -3.02. The number of carboxylic acids is 1. The van der Waals surface area contributed by atoms with E-state index in [0.29, 0.717) is 0 Å². The number of carbonyl (C=O) groups is 2. The standard InChI is InChI=1S/C18H19NO5/c1-19(18(22)24-13-14-7-3-2-4-8-14)11-12-23-16-10-6-5-9-15(16)17(20)21/h2-10H,11-13H2,1H3,(H,20,21). The van der Waals surface area contributed by atoms with Gasteiger partial charge in [-0.25, -0.2) is 9.59 Å². The number of para-hydroxylation sites is 1. The molecular weight excluding hydrogens is 310 g/mol. The third-order valence-electron chi connectivity index (χ3n) is 3.32. The molecule has 0 saturated carbocycles. The van der Waals surface area contributed by atoms with E-state index in [4.69, 9.17) is 14.6 Å². The van der Waals surface area contributed by atoms with Crippen molar-refractivity contribution in [2.24, 2.45) is 0 Å². The largest absolute Gasteiger partial charge is 0.491 e. The molecule has 0 bridgehead atoms. The van der Waals surface area contributed by atoms with Crippen molar-refractivity contribution in [1.29, 1.82) is 0 Å². The lowest BCUT2D eigenvalue weighted by Gasteiger charge is -2.17. The molecule has 6 heteroatoms. The van der Waals surface area contributed by atoms with Crippen molar-refractivity contribution < 1.29 is 24.2 Å². The predicted octanol–water partition coefficient (Wildman–Crippen LogP) is 3.03. The van der Waals surface area contributed by atoms with Gasteiger partial charge in [0.05, 0.1) is 6.54 Å². The highest BCUT2D eigenvalue weighted by atomic mass is 16.6. The fourth-order valence-corrected chi connectivity index (χ4v) is 1.98. The zero-order chi connectivity index (χ0) is 17.4. The number of carbonyl (C=O) groups excluding carboxylic acids is 1. The zero-order valence-corrected chi connectivity index (χ0v) is 13.3. The number of carboxylic acid groups (broad SMARTS) is 1. The summed E-state index contributed by atoms with van der Waals surface area (Å²) in [5, 5.41) is 9.08. The number of benzene rings is 2. The number of ether oxygens (including phenoxy) is 2. The third-order valence-corrected chi connectivity index (χ3v) is 3.32. The van der Waals surface area contributed by atoms with Gasteiger partial charge in [-0.2, -0.15) is 0 Å². The lowest BCUT2D eigenvalue weighted by atomic mass is 10.2. The second-order valence-electron chi connectivity index (χ2n) is 5.11. The Morgan fingerprint density at radius 3 is 2.42 bits per heavy atom. The molecule has 0 aliphatic heterocycles. The van der Waals surface area contributed by atoms with Gasteiger partial charge in [-0.1, -0.05) is 42.5 Å². The van der Waals surface area contributed by atoms with Gasteiger partial charge in [0.15, 0.2) is 0 Å². The first-order valence-corrected chi connectivity index (χ1v) is 7.45. The summed E-state index contributed by atoms with van der Waals surface area (Å²) in [7, 11) is 1.60. The van der Waals surface area contributed by atoms with Crippen LogP contribution < -0.4 is 4.74 Å². The Morgan fingerprint density at radius 1 is 1.04 bits per heavy atom. The molecule has 0 atom stereocenters. The fraction of sp³-hybridized carbons (Fsp3) is 0.222. The Morgan fingerprint density at radius 2 is 1.71 bits per heavy atom. The van der Waals surface area contributed by atoms with E-state index in [1.807, 2.05) is 30.3 Å². The summed E-state index contributed by atoms with van der Waals surface area (Å²) in [6.45, 7) is 0.648. The number of rotatable bonds is 7. The average Bonchev–Trinajstić information content (AvgIpc) is 2.60. The van der Waals surface area contributed by atoms with Crippen LogP contribution >= 0.6 is 0 Å². The van der Waals surface area contributed by atoms with Gasteiger partial charge in [-0.05, 0) is 17.7 Å². The van der Waals surface area contributed by atoms with Crippen LogP contribution in [0.25, 0.3) is 0 Å². The summed E-state index contributed by atoms with van der Waals surface area (Å²) in [5.74, 6) is -0.780. The maximum atomic E-state index is 11.9. The molecule has 0 radical (unpaired) electrons. The van der Waals surface area contributed by atoms with E-state index in [0.717, 1.165) is 5.56 Å². The van der Waals surface area contributed by atoms with E-state index < -0.39 is 12.1 Å². The van der Waals surface area contributed by atoms with Crippen molar-refractivity contribution in [3.63, 3.8) is 0 Å². The molecule has 1 N–H and O–H groups in total. The number of hydrogen-bond acceptors (Lipinski definition) is 4. The highest BCUT2D eigenvalue weighted by Crippen LogP contribution is 2.17. The van der Waals surface area contributed by atoms with E-state index in [9.17, 15) is 9.59 Å². The van der Waals surface area contributed by atoms with E-state index in [-0.39, 0.29) is 31.1 Å². The SMILES string of the molecule is CN(CCOc1ccccc1C(=O)O)C(=O)OCc1ccccc1. The highest BCUT2D eigenvalue weighted by Gasteiger charge is 2.13. The van der Waals surface area contributed by atoms with Gasteiger partial charge in [0.2, 0.25) is 0 Å². The Labute approximate surface area is 140 Å². The number of aromatic carboxylic acids is 1. The number of hydrogen-bond donors (Lipinski definition) is 1. The van der Waals surface area contributed by atoms with Crippen LogP contribution in [0.2, 0.25) is 0 Å². The molecule has 24 heavy (non-hydrogen) atoms. The molecule has 0 aliphatic carbocycles. The summed E-state index contributed by atoms with van der Waals surface area (Å²) in [6, 6.07) is 15.8. The van der Waals surface area contributed by atoms with Gasteiger partial charge in [0, 0.05) is 7.05 Å². The van der Waals surface area contributed by atoms with Crippen molar-refractivity contribution in [1.82, 2.24) is 4.90 Å². The average molecular weight is 329 g/mol. The second kappa shape index (κ2) is 8.57. The summed E-state index contributed by atoms with van der Waals surface area (Å²) >= 11 is 0. The van der Waals surface area contributed by atoms with Crippen LogP contribution in [0.3, 0.4) is 0 Å². The van der Waals surface area contributed by atoms with Crippen LogP contribution in [0, 0.1) is 0 Å². The maximum Gasteiger partial charge on any atom is 0.409 e. The maximum absolute atomic E-state index is 11.9. The molecule has 0 saturated heterocycles. The highest BCUT2D eigenvalue weighted by molar-refractivity contribution is 5.90. The Kier molecular flexibility index (Phi) is 6.19. The van der Waals surface area contributed by atoms with E-state index in [2.05, 4.69) is 0 Å². The molecule has 0 aliphatic rings. The zero-order valence-electron chi connectivity index (χ0n) is 13.3. The van der Waals surface area contributed by atoms with Gasteiger partial charge in [-0.15, -0.1) is 0 Å². The molecule has 2 rings (SSSR count). The lowest BCUT2D eigenvalue weighted by Crippen LogP contribution is -2.31. The van der Waals surface area contributed by atoms with Crippen molar-refractivity contribution >= 4 is 12.1 Å². The quantitative estimate of drug-likeness (QED) is 0.845. The monoisotopic (exact) mass is 329 g/mol. The first-order valence-electron chi connectivity index (χ1n) is 7.45. The predicted molar refractivity (Wildman–Crippen MR) is 88.2 cm³/mol. The molecule has 6 nitrogen and oxygen atoms in total. The summed E-state index contributed by atoms with van der Waals surface area (Å²) in [5.41, 5.74) is 0.998. The second-order valence-corrected chi connectivity index (χ2v) is 5.11. The first-order chi connectivity index (χ1) is 11.6. The molecule has 126 valence electrons. The normalized spacial score (nSPS) is 10.0. The topological polar surface area (TPSA) is 76.1 Å². The van der Waals surface area contributed by atoms with E-state index >= 15 is 0 Å². The van der Waals surface area contributed by atoms with Gasteiger partial charge in [0.25, 0.3) is 0 Å². The van der Waals surface area contributed by atoms with Crippen molar-refractivity contribution in [2.75, 3.05) is 20.2 Å². The summed E-state index contributed by atoms with van der Waals surface area (Å²) in [6.07, 6.45) is -0.464. The van der Waals surface area contributed by atoms with Crippen LogP contribution in [0.4, 0.5) is 4.79 Å². The minimum absolute atomic E-state index is 0.0896. The van der Waals surface area contributed by atoms with E-state index in [1.54, 1.807) is 25.2 Å². The van der Waals surface area contributed by atoms with Gasteiger partial charge < -0.3 is 19.5 Å². The lowest BCUT2D eigenvalue weighted by molar-refractivity contribution is 0.0690. The molecule has 0 fully saturated rings. The van der Waals surface area contributed by atoms with Crippen molar-refractivity contribution in [3.8, 4) is 5.75 Å². The number of amides is 1. The summed E-state index contributed by atoms with van der Waals surface area (Å²) in [4.78, 5) is 24.4. The number of likely N-dealkylation sites (N-methyl/N-ethyl adjacent to an activating group) is 1. The smallest absolute Gasteiger partial charge is 0.409 e. The molecular formula is C18H19NO5. The van der Waals surface area contributed by atoms with Crippen LogP contribution in [0.5, 0.6) is 5.75 Å². The van der Waals surface area contributed by atoms with Crippen LogP contribution in [0.1, 0.15) is 15.9 Å². The molecule has 1 amide bonds. The van der Waals surface area contributed by atoms with Crippen molar-refractivity contribution in [3.05, 3.63) is 65.7 Å². The minimum Gasteiger partial charge on any atom is -0.491 e. The van der Waals surface area contributed by atoms with Gasteiger partial charge in [0.1, 0.15) is 24.5 Å². The third kappa shape index (κ3) is 5.01. The van der Waals surface area contributed by atoms with Gasteiger partial charge >= 0.3 is 12.1 Å². The summed E-state index contributed by atoms with van der Waals surface area (Å²) < 4.78 is 10.6. The Balaban J connectivity index is 1.77. The van der Waals surface area contributed by atoms with E-state index in [1.165, 1.54) is 11.0 Å². The Bertz CT molecular complexity index is 687.